The molecule has 0 aliphatic carbocycles. The second-order valence-corrected chi connectivity index (χ2v) is 4.52. The monoisotopic (exact) mass is 264 g/mol. The van der Waals surface area contributed by atoms with Crippen molar-refractivity contribution in [3.05, 3.63) is 23.9 Å². The van der Waals surface area contributed by atoms with Crippen LogP contribution in [0.5, 0.6) is 5.88 Å². The molecule has 2 heterocycles. The first-order chi connectivity index (χ1) is 9.11. The van der Waals surface area contributed by atoms with Gasteiger partial charge < -0.3 is 14.7 Å². The largest absolute Gasteiger partial charge is 0.481 e. The summed E-state index contributed by atoms with van der Waals surface area (Å²) in [6, 6.07) is 3.59. The van der Waals surface area contributed by atoms with Crippen molar-refractivity contribution in [3.63, 3.8) is 0 Å². The van der Waals surface area contributed by atoms with Crippen LogP contribution in [-0.4, -0.2) is 40.5 Å². The van der Waals surface area contributed by atoms with Crippen molar-refractivity contribution < 1.29 is 19.4 Å². The highest BCUT2D eigenvalue weighted by molar-refractivity contribution is 5.80. The lowest BCUT2D eigenvalue weighted by molar-refractivity contribution is -0.147. The number of pyridine rings is 1. The maximum atomic E-state index is 11.8. The Morgan fingerprint density at radius 1 is 1.63 bits per heavy atom. The van der Waals surface area contributed by atoms with Gasteiger partial charge in [-0.15, -0.1) is 0 Å². The van der Waals surface area contributed by atoms with Crippen LogP contribution in [0, 0.1) is 5.92 Å². The van der Waals surface area contributed by atoms with E-state index in [2.05, 4.69) is 4.98 Å². The second kappa shape index (κ2) is 5.69. The van der Waals surface area contributed by atoms with Crippen LogP contribution in [0.2, 0.25) is 0 Å². The number of likely N-dealkylation sites (tertiary alicyclic amines) is 1. The number of aromatic nitrogens is 1. The lowest BCUT2D eigenvalue weighted by Gasteiger charge is -2.30. The summed E-state index contributed by atoms with van der Waals surface area (Å²) >= 11 is 0. The highest BCUT2D eigenvalue weighted by atomic mass is 16.5. The average molecular weight is 264 g/mol. The van der Waals surface area contributed by atoms with Gasteiger partial charge in [-0.25, -0.2) is 4.98 Å². The molecule has 2 rings (SSSR count). The molecular weight excluding hydrogens is 248 g/mol. The summed E-state index contributed by atoms with van der Waals surface area (Å²) in [5.74, 6) is -0.896. The Labute approximate surface area is 111 Å². The fourth-order valence-corrected chi connectivity index (χ4v) is 2.20. The first-order valence-electron chi connectivity index (χ1n) is 6.10. The molecule has 1 unspecified atom stereocenters. The molecule has 0 spiro atoms. The van der Waals surface area contributed by atoms with E-state index in [1.807, 2.05) is 6.07 Å². The number of piperidine rings is 1. The quantitative estimate of drug-likeness (QED) is 0.874. The van der Waals surface area contributed by atoms with Gasteiger partial charge in [-0.3, -0.25) is 9.59 Å². The molecule has 0 saturated carbocycles. The number of carboxylic acids is 1. The van der Waals surface area contributed by atoms with Gasteiger partial charge in [0.1, 0.15) is 0 Å². The average Bonchev–Trinajstić information content (AvgIpc) is 2.41. The third-order valence-corrected chi connectivity index (χ3v) is 3.25. The van der Waals surface area contributed by atoms with Gasteiger partial charge in [-0.1, -0.05) is 6.07 Å². The Morgan fingerprint density at radius 3 is 3.11 bits per heavy atom. The summed E-state index contributed by atoms with van der Waals surface area (Å²) in [7, 11) is 1.52. The minimum Gasteiger partial charge on any atom is -0.481 e. The van der Waals surface area contributed by atoms with Gasteiger partial charge >= 0.3 is 5.97 Å². The topological polar surface area (TPSA) is 79.7 Å². The fraction of sp³-hybridized carbons (Fsp3) is 0.462. The molecule has 1 saturated heterocycles. The van der Waals surface area contributed by atoms with Crippen molar-refractivity contribution in [1.29, 1.82) is 0 Å². The van der Waals surface area contributed by atoms with Gasteiger partial charge in [0.05, 0.1) is 19.6 Å². The van der Waals surface area contributed by atoms with E-state index in [0.29, 0.717) is 18.8 Å². The first-order valence-corrected chi connectivity index (χ1v) is 6.10. The predicted molar refractivity (Wildman–Crippen MR) is 66.6 cm³/mol. The normalized spacial score (nSPS) is 19.3. The van der Waals surface area contributed by atoms with Gasteiger partial charge in [0.15, 0.2) is 0 Å². The smallest absolute Gasteiger partial charge is 0.308 e. The van der Waals surface area contributed by atoms with E-state index in [4.69, 9.17) is 9.84 Å². The van der Waals surface area contributed by atoms with Crippen LogP contribution in [0.15, 0.2) is 18.3 Å². The molecule has 6 nitrogen and oxygen atoms in total. The lowest BCUT2D eigenvalue weighted by Crippen LogP contribution is -2.42. The minimum absolute atomic E-state index is 0.0246. The Kier molecular flexibility index (Phi) is 3.99. The predicted octanol–water partition coefficient (Wildman–Crippen LogP) is 0.913. The van der Waals surface area contributed by atoms with Gasteiger partial charge in [-0.05, 0) is 12.5 Å². The van der Waals surface area contributed by atoms with Crippen LogP contribution < -0.4 is 4.74 Å². The molecule has 6 heteroatoms. The zero-order chi connectivity index (χ0) is 13.8. The maximum absolute atomic E-state index is 11.8. The molecule has 0 radical (unpaired) electrons. The molecule has 1 N–H and O–H groups in total. The van der Waals surface area contributed by atoms with Gasteiger partial charge in [0.25, 0.3) is 0 Å². The minimum atomic E-state index is -0.851. The number of hydrogen-bond acceptors (Lipinski definition) is 4. The van der Waals surface area contributed by atoms with Crippen LogP contribution in [0.4, 0.5) is 0 Å². The molecule has 1 aromatic rings. The van der Waals surface area contributed by atoms with E-state index >= 15 is 0 Å². The Morgan fingerprint density at radius 2 is 2.42 bits per heavy atom. The highest BCUT2D eigenvalue weighted by Crippen LogP contribution is 2.22. The van der Waals surface area contributed by atoms with Crippen molar-refractivity contribution >= 4 is 11.9 Å². The van der Waals surface area contributed by atoms with Gasteiger partial charge in [-0.2, -0.15) is 0 Å². The number of hydrogen-bond donors (Lipinski definition) is 1. The molecule has 1 aliphatic heterocycles. The zero-order valence-corrected chi connectivity index (χ0v) is 10.7. The molecular formula is C13H16N2O4. The molecule has 1 fully saturated rings. The van der Waals surface area contributed by atoms with Crippen molar-refractivity contribution in [2.24, 2.45) is 5.92 Å². The third-order valence-electron chi connectivity index (χ3n) is 3.25. The number of amides is 1. The fourth-order valence-electron chi connectivity index (χ4n) is 2.20. The van der Waals surface area contributed by atoms with E-state index in [0.717, 1.165) is 5.56 Å². The number of carboxylic acid groups (broad SMARTS) is 1. The van der Waals surface area contributed by atoms with Gasteiger partial charge in [0, 0.05) is 24.7 Å². The Balaban J connectivity index is 2.12. The lowest BCUT2D eigenvalue weighted by atomic mass is 9.97. The molecule has 19 heavy (non-hydrogen) atoms. The van der Waals surface area contributed by atoms with E-state index in [1.54, 1.807) is 17.2 Å². The summed E-state index contributed by atoms with van der Waals surface area (Å²) in [4.78, 5) is 28.5. The highest BCUT2D eigenvalue weighted by Gasteiger charge is 2.30. The van der Waals surface area contributed by atoms with E-state index in [9.17, 15) is 9.59 Å². The summed E-state index contributed by atoms with van der Waals surface area (Å²) in [5, 5.41) is 9.03. The number of ether oxygens (including phenoxy) is 1. The molecule has 0 bridgehead atoms. The SMILES string of the molecule is COc1ncccc1CN1CC(C(=O)O)CCC1=O. The van der Waals surface area contributed by atoms with Crippen LogP contribution in [0.3, 0.4) is 0 Å². The zero-order valence-electron chi connectivity index (χ0n) is 10.7. The summed E-state index contributed by atoms with van der Waals surface area (Å²) < 4.78 is 5.13. The third kappa shape index (κ3) is 3.01. The number of carbonyl (C=O) groups is 2. The first kappa shape index (κ1) is 13.3. The van der Waals surface area contributed by atoms with E-state index < -0.39 is 11.9 Å². The van der Waals surface area contributed by atoms with Crippen molar-refractivity contribution in [3.8, 4) is 5.88 Å². The van der Waals surface area contributed by atoms with Crippen LogP contribution >= 0.6 is 0 Å². The number of aliphatic carboxylic acids is 1. The molecule has 1 aliphatic rings. The number of nitrogens with zero attached hydrogens (tertiary/aromatic N) is 2. The number of methoxy groups -OCH3 is 1. The van der Waals surface area contributed by atoms with Gasteiger partial charge in [0.2, 0.25) is 11.8 Å². The molecule has 1 atom stereocenters. The summed E-state index contributed by atoms with van der Waals surface area (Å²) in [6.45, 7) is 0.575. The van der Waals surface area contributed by atoms with Crippen molar-refractivity contribution in [2.75, 3.05) is 13.7 Å². The molecule has 1 amide bonds. The number of carbonyl (C=O) groups excluding carboxylic acids is 1. The van der Waals surface area contributed by atoms with Crippen molar-refractivity contribution in [2.45, 2.75) is 19.4 Å². The van der Waals surface area contributed by atoms with E-state index in [1.165, 1.54) is 7.11 Å². The summed E-state index contributed by atoms with van der Waals surface area (Å²) in [5.41, 5.74) is 0.782. The van der Waals surface area contributed by atoms with Crippen LogP contribution in [0.25, 0.3) is 0 Å². The Bertz CT molecular complexity index is 489. The standard InChI is InChI=1S/C13H16N2O4/c1-19-12-9(3-2-6-14-12)7-15-8-10(13(17)18)4-5-11(15)16/h2-3,6,10H,4-5,7-8H2,1H3,(H,17,18). The number of rotatable bonds is 4. The van der Waals surface area contributed by atoms with E-state index in [-0.39, 0.29) is 18.9 Å². The molecule has 102 valence electrons. The van der Waals surface area contributed by atoms with Crippen LogP contribution in [0.1, 0.15) is 18.4 Å². The molecule has 1 aromatic heterocycles. The Hall–Kier alpha value is -2.11. The van der Waals surface area contributed by atoms with Crippen molar-refractivity contribution in [1.82, 2.24) is 9.88 Å². The molecule has 0 aromatic carbocycles. The second-order valence-electron chi connectivity index (χ2n) is 4.52. The maximum Gasteiger partial charge on any atom is 0.308 e. The summed E-state index contributed by atoms with van der Waals surface area (Å²) in [6.07, 6.45) is 2.30. The van der Waals surface area contributed by atoms with Crippen LogP contribution in [-0.2, 0) is 16.1 Å².